The van der Waals surface area contributed by atoms with Gasteiger partial charge in [0.05, 0.1) is 5.56 Å². The summed E-state index contributed by atoms with van der Waals surface area (Å²) in [5.41, 5.74) is 6.61. The fourth-order valence-electron chi connectivity index (χ4n) is 5.19. The van der Waals surface area contributed by atoms with Crippen molar-refractivity contribution in [2.24, 2.45) is 17.8 Å². The summed E-state index contributed by atoms with van der Waals surface area (Å²) in [5.74, 6) is 2.30. The summed E-state index contributed by atoms with van der Waals surface area (Å²) in [4.78, 5) is 12.2. The van der Waals surface area contributed by atoms with E-state index in [0.717, 1.165) is 17.8 Å². The van der Waals surface area contributed by atoms with Crippen molar-refractivity contribution >= 4 is 5.91 Å². The number of carbonyl (C=O) groups is 1. The molecule has 1 aromatic carbocycles. The van der Waals surface area contributed by atoms with Gasteiger partial charge in [0.25, 0.3) is 5.91 Å². The lowest BCUT2D eigenvalue weighted by atomic mass is 9.53. The molecule has 4 fully saturated rings. The number of benzene rings is 1. The predicted octanol–water partition coefficient (Wildman–Crippen LogP) is 2.60. The minimum absolute atomic E-state index is 0.0299. The van der Waals surface area contributed by atoms with Gasteiger partial charge in [-0.05, 0) is 68.4 Å². The van der Waals surface area contributed by atoms with E-state index in [-0.39, 0.29) is 17.2 Å². The molecule has 3 N–H and O–H groups in total. The predicted molar refractivity (Wildman–Crippen MR) is 79.6 cm³/mol. The summed E-state index contributed by atoms with van der Waals surface area (Å²) in [6.45, 7) is 0. The first kappa shape index (κ1) is 13.1. The van der Waals surface area contributed by atoms with Crippen LogP contribution in [0.25, 0.3) is 0 Å². The molecule has 0 spiro atoms. The zero-order valence-corrected chi connectivity index (χ0v) is 12.1. The number of hydrogen-bond donors (Lipinski definition) is 3. The van der Waals surface area contributed by atoms with E-state index in [2.05, 4.69) is 10.9 Å². The largest absolute Gasteiger partial charge is 0.507 e. The number of hydrogen-bond acceptors (Lipinski definition) is 3. The number of aromatic hydroxyl groups is 1. The molecule has 112 valence electrons. The third-order valence-corrected chi connectivity index (χ3v) is 5.63. The highest BCUT2D eigenvalue weighted by Gasteiger charge is 2.51. The second-order valence-electron chi connectivity index (χ2n) is 7.29. The third-order valence-electron chi connectivity index (χ3n) is 5.63. The molecule has 0 saturated heterocycles. The van der Waals surface area contributed by atoms with Gasteiger partial charge in [-0.15, -0.1) is 0 Å². The average molecular weight is 286 g/mol. The van der Waals surface area contributed by atoms with E-state index < -0.39 is 0 Å². The van der Waals surface area contributed by atoms with Crippen molar-refractivity contribution in [1.82, 2.24) is 10.9 Å². The number of phenols is 1. The molecule has 0 radical (unpaired) electrons. The molecule has 0 unspecified atom stereocenters. The summed E-state index contributed by atoms with van der Waals surface area (Å²) in [5, 5.41) is 9.75. The van der Waals surface area contributed by atoms with E-state index >= 15 is 0 Å². The zero-order valence-electron chi connectivity index (χ0n) is 12.1. The van der Waals surface area contributed by atoms with Gasteiger partial charge in [0.15, 0.2) is 0 Å². The topological polar surface area (TPSA) is 61.4 Å². The Kier molecular flexibility index (Phi) is 2.96. The van der Waals surface area contributed by atoms with Crippen molar-refractivity contribution in [2.75, 3.05) is 0 Å². The van der Waals surface area contributed by atoms with E-state index in [4.69, 9.17) is 0 Å². The number of rotatable bonds is 3. The van der Waals surface area contributed by atoms with Crippen LogP contribution in [0, 0.1) is 17.8 Å². The van der Waals surface area contributed by atoms with Crippen molar-refractivity contribution in [2.45, 2.75) is 44.1 Å². The maximum Gasteiger partial charge on any atom is 0.269 e. The van der Waals surface area contributed by atoms with Crippen LogP contribution in [0.15, 0.2) is 24.3 Å². The van der Waals surface area contributed by atoms with Gasteiger partial charge in [-0.25, -0.2) is 5.43 Å². The molecule has 5 rings (SSSR count). The summed E-state index contributed by atoms with van der Waals surface area (Å²) in [6.07, 6.45) is 7.69. The molecule has 1 aromatic rings. The summed E-state index contributed by atoms with van der Waals surface area (Å²) in [6, 6.07) is 6.67. The van der Waals surface area contributed by atoms with Gasteiger partial charge in [0.1, 0.15) is 5.75 Å². The molecule has 4 aliphatic rings. The van der Waals surface area contributed by atoms with Crippen molar-refractivity contribution < 1.29 is 9.90 Å². The van der Waals surface area contributed by atoms with E-state index in [9.17, 15) is 9.90 Å². The van der Waals surface area contributed by atoms with E-state index in [1.54, 1.807) is 24.3 Å². The van der Waals surface area contributed by atoms with Crippen molar-refractivity contribution in [3.63, 3.8) is 0 Å². The van der Waals surface area contributed by atoms with Crippen LogP contribution in [-0.4, -0.2) is 16.6 Å². The minimum atomic E-state index is -0.246. The van der Waals surface area contributed by atoms with E-state index in [1.165, 1.54) is 38.5 Å². The van der Waals surface area contributed by atoms with Gasteiger partial charge >= 0.3 is 0 Å². The summed E-state index contributed by atoms with van der Waals surface area (Å²) < 4.78 is 0. The van der Waals surface area contributed by atoms with E-state index in [1.807, 2.05) is 0 Å². The molecule has 4 saturated carbocycles. The molecule has 0 aliphatic heterocycles. The molecule has 4 bridgehead atoms. The van der Waals surface area contributed by atoms with Crippen LogP contribution in [0.1, 0.15) is 48.9 Å². The smallest absolute Gasteiger partial charge is 0.269 e. The molecule has 0 heterocycles. The van der Waals surface area contributed by atoms with Gasteiger partial charge in [0.2, 0.25) is 0 Å². The van der Waals surface area contributed by atoms with Crippen molar-refractivity contribution in [3.05, 3.63) is 29.8 Å². The lowest BCUT2D eigenvalue weighted by Crippen LogP contribution is -2.62. The Morgan fingerprint density at radius 3 is 2.19 bits per heavy atom. The highest BCUT2D eigenvalue weighted by Crippen LogP contribution is 2.55. The van der Waals surface area contributed by atoms with Gasteiger partial charge < -0.3 is 5.11 Å². The van der Waals surface area contributed by atoms with Gasteiger partial charge in [0, 0.05) is 5.54 Å². The third kappa shape index (κ3) is 2.31. The minimum Gasteiger partial charge on any atom is -0.507 e. The summed E-state index contributed by atoms with van der Waals surface area (Å²) >= 11 is 0. The van der Waals surface area contributed by atoms with Crippen molar-refractivity contribution in [1.29, 1.82) is 0 Å². The molecular weight excluding hydrogens is 264 g/mol. The number of hydrazine groups is 1. The monoisotopic (exact) mass is 286 g/mol. The highest BCUT2D eigenvalue weighted by atomic mass is 16.3. The van der Waals surface area contributed by atoms with Crippen LogP contribution in [0.4, 0.5) is 0 Å². The Morgan fingerprint density at radius 2 is 1.62 bits per heavy atom. The number of phenolic OH excluding ortho intramolecular Hbond substituents is 1. The first-order valence-electron chi connectivity index (χ1n) is 7.99. The quantitative estimate of drug-likeness (QED) is 0.748. The Labute approximate surface area is 124 Å². The Morgan fingerprint density at radius 1 is 1.05 bits per heavy atom. The van der Waals surface area contributed by atoms with Crippen LogP contribution in [0.3, 0.4) is 0 Å². The first-order valence-corrected chi connectivity index (χ1v) is 7.99. The van der Waals surface area contributed by atoms with Crippen LogP contribution in [0.5, 0.6) is 5.75 Å². The number of amides is 1. The fraction of sp³-hybridized carbons (Fsp3) is 0.588. The standard InChI is InChI=1S/C17H22N2O2/c20-15-4-2-1-3-14(15)16(21)18-19-17-8-11-5-12(9-17)7-13(6-11)10-17/h1-4,11-13,19-20H,5-10H2,(H,18,21). The molecule has 0 atom stereocenters. The number of nitrogens with one attached hydrogen (secondary N) is 2. The van der Waals surface area contributed by atoms with Gasteiger partial charge in [-0.2, -0.15) is 0 Å². The Hall–Kier alpha value is -1.55. The highest BCUT2D eigenvalue weighted by molar-refractivity contribution is 5.96. The van der Waals surface area contributed by atoms with E-state index in [0.29, 0.717) is 5.56 Å². The SMILES string of the molecule is O=C(NNC12CC3CC(CC(C3)C1)C2)c1ccccc1O. The first-order chi connectivity index (χ1) is 10.1. The Bertz CT molecular complexity index is 534. The van der Waals surface area contributed by atoms with Gasteiger partial charge in [-0.3, -0.25) is 10.2 Å². The Balaban J connectivity index is 1.45. The molecule has 4 aliphatic carbocycles. The number of para-hydroxylation sites is 1. The maximum atomic E-state index is 12.2. The van der Waals surface area contributed by atoms with Crippen LogP contribution < -0.4 is 10.9 Å². The lowest BCUT2D eigenvalue weighted by Gasteiger charge is -2.56. The average Bonchev–Trinajstić information content (AvgIpc) is 2.44. The summed E-state index contributed by atoms with van der Waals surface area (Å²) in [7, 11) is 0. The molecule has 1 amide bonds. The van der Waals surface area contributed by atoms with Crippen LogP contribution in [-0.2, 0) is 0 Å². The maximum absolute atomic E-state index is 12.2. The second kappa shape index (κ2) is 4.73. The zero-order chi connectivity index (χ0) is 14.4. The fourth-order valence-corrected chi connectivity index (χ4v) is 5.19. The lowest BCUT2D eigenvalue weighted by molar-refractivity contribution is -0.0257. The van der Waals surface area contributed by atoms with Crippen LogP contribution >= 0.6 is 0 Å². The second-order valence-corrected chi connectivity index (χ2v) is 7.29. The molecule has 4 nitrogen and oxygen atoms in total. The molecule has 4 heteroatoms. The molecule has 21 heavy (non-hydrogen) atoms. The number of carbonyl (C=O) groups excluding carboxylic acids is 1. The van der Waals surface area contributed by atoms with Crippen molar-refractivity contribution in [3.8, 4) is 5.75 Å². The van der Waals surface area contributed by atoms with Crippen LogP contribution in [0.2, 0.25) is 0 Å². The molecular formula is C17H22N2O2. The normalized spacial score (nSPS) is 36.7. The molecule has 0 aromatic heterocycles. The van der Waals surface area contributed by atoms with Gasteiger partial charge in [-0.1, -0.05) is 12.1 Å².